The van der Waals surface area contributed by atoms with Crippen LogP contribution in [-0.4, -0.2) is 12.8 Å². The smallest absolute Gasteiger partial charge is 0.0334 e. The molecule has 0 spiro atoms. The van der Waals surface area contributed by atoms with Gasteiger partial charge in [-0.15, -0.1) is 0 Å². The van der Waals surface area contributed by atoms with Crippen LogP contribution in [-0.2, 0) is 0 Å². The Balaban J connectivity index is 4.11. The fourth-order valence-electron chi connectivity index (χ4n) is 0.365. The van der Waals surface area contributed by atoms with E-state index < -0.39 is 0 Å². The molecular formula is C7H12N2. The molecule has 0 fully saturated rings. The van der Waals surface area contributed by atoms with E-state index in [0.29, 0.717) is 5.70 Å². The van der Waals surface area contributed by atoms with E-state index in [4.69, 9.17) is 5.73 Å². The first-order valence-corrected chi connectivity index (χ1v) is 2.73. The molecule has 9 heavy (non-hydrogen) atoms. The molecule has 0 aliphatic carbocycles. The maximum Gasteiger partial charge on any atom is 0.0334 e. The summed E-state index contributed by atoms with van der Waals surface area (Å²) in [7, 11) is 1.72. The molecule has 0 radical (unpaired) electrons. The van der Waals surface area contributed by atoms with E-state index in [-0.39, 0.29) is 0 Å². The normalized spacial score (nSPS) is 13.6. The highest BCUT2D eigenvalue weighted by Gasteiger charge is 1.81. The average Bonchev–Trinajstić information content (AvgIpc) is 1.87. The molecule has 0 bridgehead atoms. The van der Waals surface area contributed by atoms with Crippen molar-refractivity contribution in [1.29, 1.82) is 0 Å². The summed E-state index contributed by atoms with van der Waals surface area (Å²) in [5.74, 6) is 0. The third kappa shape index (κ3) is 3.53. The van der Waals surface area contributed by atoms with E-state index in [2.05, 4.69) is 11.6 Å². The summed E-state index contributed by atoms with van der Waals surface area (Å²) in [4.78, 5) is 3.89. The van der Waals surface area contributed by atoms with Gasteiger partial charge in [0.05, 0.1) is 0 Å². The topological polar surface area (TPSA) is 38.4 Å². The standard InChI is InChI=1S/C7H12N2/c1-4-7(8)5-6(2)9-3/h4-5H,1,8H2,2-3H3/b7-5+,9-6?. The lowest BCUT2D eigenvalue weighted by Crippen LogP contribution is -1.96. The zero-order chi connectivity index (χ0) is 7.28. The lowest BCUT2D eigenvalue weighted by atomic mass is 10.3. The molecule has 0 amide bonds. The Morgan fingerprint density at radius 3 is 2.56 bits per heavy atom. The van der Waals surface area contributed by atoms with Gasteiger partial charge in [-0.05, 0) is 19.1 Å². The third-order valence-electron chi connectivity index (χ3n) is 0.964. The number of aliphatic imine (C=N–C) groups is 1. The predicted octanol–water partition coefficient (Wildman–Crippen LogP) is 1.11. The molecule has 0 rings (SSSR count). The Morgan fingerprint density at radius 1 is 1.67 bits per heavy atom. The molecule has 0 aromatic heterocycles. The second-order valence-corrected chi connectivity index (χ2v) is 1.71. The van der Waals surface area contributed by atoms with Crippen LogP contribution in [0.5, 0.6) is 0 Å². The van der Waals surface area contributed by atoms with Gasteiger partial charge in [-0.3, -0.25) is 4.99 Å². The van der Waals surface area contributed by atoms with Gasteiger partial charge in [0.2, 0.25) is 0 Å². The lowest BCUT2D eigenvalue weighted by Gasteiger charge is -1.89. The van der Waals surface area contributed by atoms with E-state index in [1.54, 1.807) is 19.2 Å². The molecule has 2 N–H and O–H groups in total. The number of rotatable bonds is 2. The van der Waals surface area contributed by atoms with Crippen molar-refractivity contribution in [2.45, 2.75) is 6.92 Å². The minimum atomic E-state index is 0.651. The third-order valence-corrected chi connectivity index (χ3v) is 0.964. The molecule has 0 unspecified atom stereocenters. The summed E-state index contributed by atoms with van der Waals surface area (Å²) < 4.78 is 0. The highest BCUT2D eigenvalue weighted by molar-refractivity contribution is 5.93. The fourth-order valence-corrected chi connectivity index (χ4v) is 0.365. The molecule has 0 aliphatic rings. The van der Waals surface area contributed by atoms with E-state index in [1.807, 2.05) is 6.92 Å². The summed E-state index contributed by atoms with van der Waals surface area (Å²) in [5, 5.41) is 0. The highest BCUT2D eigenvalue weighted by atomic mass is 14.7. The largest absolute Gasteiger partial charge is 0.399 e. The first-order valence-electron chi connectivity index (χ1n) is 2.73. The van der Waals surface area contributed by atoms with Gasteiger partial charge in [-0.2, -0.15) is 0 Å². The van der Waals surface area contributed by atoms with Crippen molar-refractivity contribution < 1.29 is 0 Å². The number of nitrogens with zero attached hydrogens (tertiary/aromatic N) is 1. The number of nitrogens with two attached hydrogens (primary N) is 1. The van der Waals surface area contributed by atoms with Crippen LogP contribution in [0, 0.1) is 0 Å². The van der Waals surface area contributed by atoms with E-state index in [0.717, 1.165) is 5.71 Å². The minimum Gasteiger partial charge on any atom is -0.399 e. The monoisotopic (exact) mass is 124 g/mol. The van der Waals surface area contributed by atoms with Crippen molar-refractivity contribution in [3.63, 3.8) is 0 Å². The SMILES string of the molecule is C=C/C(N)=C\C(C)=NC. The molecule has 2 nitrogen and oxygen atoms in total. The highest BCUT2D eigenvalue weighted by Crippen LogP contribution is 1.85. The van der Waals surface area contributed by atoms with Crippen LogP contribution in [0.2, 0.25) is 0 Å². The molecule has 0 atom stereocenters. The molecule has 0 saturated heterocycles. The molecule has 0 aromatic carbocycles. The molecule has 0 aromatic rings. The summed E-state index contributed by atoms with van der Waals surface area (Å²) >= 11 is 0. The molecule has 2 heteroatoms. The zero-order valence-corrected chi connectivity index (χ0v) is 5.89. The molecule has 0 aliphatic heterocycles. The van der Waals surface area contributed by atoms with Crippen LogP contribution in [0.4, 0.5) is 0 Å². The van der Waals surface area contributed by atoms with Crippen molar-refractivity contribution in [1.82, 2.24) is 0 Å². The summed E-state index contributed by atoms with van der Waals surface area (Å²) in [6.07, 6.45) is 3.36. The first-order chi connectivity index (χ1) is 4.20. The molecule has 50 valence electrons. The van der Waals surface area contributed by atoms with Gasteiger partial charge in [-0.25, -0.2) is 0 Å². The van der Waals surface area contributed by atoms with Gasteiger partial charge < -0.3 is 5.73 Å². The summed E-state index contributed by atoms with van der Waals surface area (Å²) in [5.41, 5.74) is 6.97. The van der Waals surface area contributed by atoms with Gasteiger partial charge in [0.25, 0.3) is 0 Å². The quantitative estimate of drug-likeness (QED) is 0.434. The Kier molecular flexibility index (Phi) is 3.44. The molecule has 0 saturated carbocycles. The second-order valence-electron chi connectivity index (χ2n) is 1.71. The van der Waals surface area contributed by atoms with Crippen LogP contribution in [0.3, 0.4) is 0 Å². The summed E-state index contributed by atoms with van der Waals surface area (Å²) in [6.45, 7) is 5.38. The van der Waals surface area contributed by atoms with Crippen molar-refractivity contribution in [3.8, 4) is 0 Å². The average molecular weight is 124 g/mol. The van der Waals surface area contributed by atoms with E-state index in [9.17, 15) is 0 Å². The number of allylic oxidation sites excluding steroid dienone is 2. The number of hydrogen-bond donors (Lipinski definition) is 1. The Labute approximate surface area is 55.8 Å². The molecule has 0 heterocycles. The van der Waals surface area contributed by atoms with Crippen LogP contribution in [0.15, 0.2) is 29.4 Å². The van der Waals surface area contributed by atoms with E-state index >= 15 is 0 Å². The second kappa shape index (κ2) is 3.89. The fraction of sp³-hybridized carbons (Fsp3) is 0.286. The van der Waals surface area contributed by atoms with Gasteiger partial charge >= 0.3 is 0 Å². The van der Waals surface area contributed by atoms with Gasteiger partial charge in [0.15, 0.2) is 0 Å². The maximum atomic E-state index is 5.41. The van der Waals surface area contributed by atoms with Gasteiger partial charge in [-0.1, -0.05) is 6.58 Å². The zero-order valence-electron chi connectivity index (χ0n) is 5.89. The number of hydrogen-bond acceptors (Lipinski definition) is 2. The minimum absolute atomic E-state index is 0.651. The van der Waals surface area contributed by atoms with Crippen LogP contribution < -0.4 is 5.73 Å². The van der Waals surface area contributed by atoms with Gasteiger partial charge in [0.1, 0.15) is 0 Å². The molecular weight excluding hydrogens is 112 g/mol. The Hall–Kier alpha value is -1.05. The van der Waals surface area contributed by atoms with Crippen molar-refractivity contribution in [2.24, 2.45) is 10.7 Å². The summed E-state index contributed by atoms with van der Waals surface area (Å²) in [6, 6.07) is 0. The van der Waals surface area contributed by atoms with Crippen molar-refractivity contribution in [3.05, 3.63) is 24.4 Å². The van der Waals surface area contributed by atoms with E-state index in [1.165, 1.54) is 0 Å². The van der Waals surface area contributed by atoms with Gasteiger partial charge in [0, 0.05) is 18.5 Å². The van der Waals surface area contributed by atoms with Crippen molar-refractivity contribution >= 4 is 5.71 Å². The van der Waals surface area contributed by atoms with Crippen LogP contribution in [0.25, 0.3) is 0 Å². The lowest BCUT2D eigenvalue weighted by molar-refractivity contribution is 1.40. The Bertz CT molecular complexity index is 154. The Morgan fingerprint density at radius 2 is 2.22 bits per heavy atom. The van der Waals surface area contributed by atoms with Crippen molar-refractivity contribution in [2.75, 3.05) is 7.05 Å². The maximum absolute atomic E-state index is 5.41. The first kappa shape index (κ1) is 7.95. The predicted molar refractivity (Wildman–Crippen MR) is 41.5 cm³/mol. The van der Waals surface area contributed by atoms with Crippen LogP contribution in [0.1, 0.15) is 6.92 Å². The van der Waals surface area contributed by atoms with Crippen LogP contribution >= 0.6 is 0 Å².